The molecule has 0 bridgehead atoms. The lowest BCUT2D eigenvalue weighted by Crippen LogP contribution is -2.59. The van der Waals surface area contributed by atoms with Gasteiger partial charge in [0.15, 0.2) is 0 Å². The van der Waals surface area contributed by atoms with Crippen LogP contribution in [0.4, 0.5) is 0 Å². The predicted molar refractivity (Wildman–Crippen MR) is 180 cm³/mol. The molecule has 0 aliphatic rings. The van der Waals surface area contributed by atoms with Crippen molar-refractivity contribution in [1.82, 2.24) is 0 Å². The molecule has 0 aliphatic carbocycles. The summed E-state index contributed by atoms with van der Waals surface area (Å²) < 4.78 is 0. The van der Waals surface area contributed by atoms with Crippen LogP contribution in [0.3, 0.4) is 0 Å². The number of nitrogens with two attached hydrogens (primary N) is 2. The summed E-state index contributed by atoms with van der Waals surface area (Å²) >= 11 is 0. The molecule has 0 saturated carbocycles. The maximum absolute atomic E-state index is 10.2. The Hall–Kier alpha value is -4.62. The fourth-order valence-electron chi connectivity index (χ4n) is 4.53. The lowest BCUT2D eigenvalue weighted by molar-refractivity contribution is 0.401. The van der Waals surface area contributed by atoms with Crippen LogP contribution < -0.4 is 21.8 Å². The van der Waals surface area contributed by atoms with E-state index in [-0.39, 0.29) is 0 Å². The average Bonchev–Trinajstić information content (AvgIpc) is 3.08. The first-order valence-electron chi connectivity index (χ1n) is 14.2. The van der Waals surface area contributed by atoms with Gasteiger partial charge in [-0.3, -0.25) is 0 Å². The van der Waals surface area contributed by atoms with Crippen LogP contribution >= 0.6 is 0 Å². The molecular weight excluding hydrogens is 545 g/mol. The molecular formula is C38H38N2O2Si. The van der Waals surface area contributed by atoms with Crippen molar-refractivity contribution in [2.45, 2.75) is 12.1 Å². The molecule has 0 atom stereocenters. The normalized spacial score (nSPS) is 10.9. The Morgan fingerprint density at radius 3 is 0.953 bits per heavy atom. The van der Waals surface area contributed by atoms with Crippen molar-refractivity contribution in [2.24, 2.45) is 11.5 Å². The van der Waals surface area contributed by atoms with E-state index in [1.54, 1.807) is 24.3 Å². The standard InChI is InChI=1S/C13H14N2.C13H12.C12H12O2Si/c14-13(15,11-7-3-1-4-8-11)12-9-5-2-6-10-12;1-3-7-12(8-4-1)11-13-9-5-2-6-10-13;13-15(14,11-7-3-1-4-8-11)12-9-5-2-6-10-12/h1-10H,14-15H2;1-10H,11H2;1-10,13-14H. The van der Waals surface area contributed by atoms with Gasteiger partial charge in [-0.05, 0) is 39.0 Å². The predicted octanol–water partition coefficient (Wildman–Crippen LogP) is 5.31. The highest BCUT2D eigenvalue weighted by atomic mass is 28.4. The Labute approximate surface area is 255 Å². The zero-order valence-electron chi connectivity index (χ0n) is 24.1. The second-order valence-corrected chi connectivity index (χ2v) is 12.7. The molecule has 6 rings (SSSR count). The van der Waals surface area contributed by atoms with Crippen molar-refractivity contribution in [3.63, 3.8) is 0 Å². The van der Waals surface area contributed by atoms with E-state index in [0.717, 1.165) is 17.5 Å². The number of benzene rings is 6. The SMILES string of the molecule is NC(N)(c1ccccc1)c1ccccc1.O[Si](O)(c1ccccc1)c1ccccc1.c1ccc(Cc2ccccc2)cc1. The summed E-state index contributed by atoms with van der Waals surface area (Å²) in [5.41, 5.74) is 15.9. The lowest BCUT2D eigenvalue weighted by Gasteiger charge is -2.25. The van der Waals surface area contributed by atoms with Crippen LogP contribution in [0, 0.1) is 0 Å². The monoisotopic (exact) mass is 582 g/mol. The Morgan fingerprint density at radius 1 is 0.395 bits per heavy atom. The van der Waals surface area contributed by atoms with Gasteiger partial charge in [-0.15, -0.1) is 0 Å². The Bertz CT molecular complexity index is 1390. The molecule has 0 aromatic heterocycles. The summed E-state index contributed by atoms with van der Waals surface area (Å²) in [4.78, 5) is 20.3. The van der Waals surface area contributed by atoms with E-state index in [9.17, 15) is 9.59 Å². The van der Waals surface area contributed by atoms with Gasteiger partial charge in [-0.1, -0.05) is 182 Å². The zero-order valence-corrected chi connectivity index (χ0v) is 25.1. The molecule has 0 heterocycles. The van der Waals surface area contributed by atoms with Crippen LogP contribution in [0.25, 0.3) is 0 Å². The molecule has 0 spiro atoms. The number of rotatable bonds is 6. The first-order chi connectivity index (χ1) is 20.9. The van der Waals surface area contributed by atoms with E-state index in [0.29, 0.717) is 10.4 Å². The van der Waals surface area contributed by atoms with Crippen LogP contribution in [-0.2, 0) is 12.1 Å². The van der Waals surface area contributed by atoms with Crippen molar-refractivity contribution in [3.8, 4) is 0 Å². The summed E-state index contributed by atoms with van der Waals surface area (Å²) in [5.74, 6) is 0. The molecule has 4 nitrogen and oxygen atoms in total. The second kappa shape index (κ2) is 15.6. The van der Waals surface area contributed by atoms with Crippen LogP contribution in [0.15, 0.2) is 182 Å². The summed E-state index contributed by atoms with van der Waals surface area (Å²) in [6.45, 7) is 0. The van der Waals surface area contributed by atoms with Crippen molar-refractivity contribution >= 4 is 18.9 Å². The second-order valence-electron chi connectivity index (χ2n) is 10.2. The number of hydrogen-bond acceptors (Lipinski definition) is 4. The van der Waals surface area contributed by atoms with Gasteiger partial charge in [0.25, 0.3) is 0 Å². The third kappa shape index (κ3) is 9.18. The van der Waals surface area contributed by atoms with Gasteiger partial charge in [-0.2, -0.15) is 0 Å². The van der Waals surface area contributed by atoms with E-state index in [2.05, 4.69) is 60.7 Å². The highest BCUT2D eigenvalue weighted by molar-refractivity contribution is 6.90. The summed E-state index contributed by atoms with van der Waals surface area (Å²) in [7, 11) is -3.46. The van der Waals surface area contributed by atoms with Gasteiger partial charge < -0.3 is 21.1 Å². The van der Waals surface area contributed by atoms with E-state index < -0.39 is 14.2 Å². The molecule has 5 heteroatoms. The summed E-state index contributed by atoms with van der Waals surface area (Å²) in [5, 5.41) is 1.22. The highest BCUT2D eigenvalue weighted by Crippen LogP contribution is 2.20. The highest BCUT2D eigenvalue weighted by Gasteiger charge is 2.34. The van der Waals surface area contributed by atoms with Crippen molar-refractivity contribution in [1.29, 1.82) is 0 Å². The van der Waals surface area contributed by atoms with Crippen molar-refractivity contribution in [3.05, 3.63) is 204 Å². The van der Waals surface area contributed by atoms with Crippen LogP contribution in [0.1, 0.15) is 22.3 Å². The first-order valence-corrected chi connectivity index (χ1v) is 16.1. The fraction of sp³-hybridized carbons (Fsp3) is 0.0526. The van der Waals surface area contributed by atoms with Gasteiger partial charge in [0.2, 0.25) is 0 Å². The third-order valence-electron chi connectivity index (χ3n) is 6.95. The molecule has 0 saturated heterocycles. The van der Waals surface area contributed by atoms with E-state index in [1.807, 2.05) is 97.1 Å². The van der Waals surface area contributed by atoms with Crippen LogP contribution in [0.5, 0.6) is 0 Å². The molecule has 6 N–H and O–H groups in total. The van der Waals surface area contributed by atoms with Crippen LogP contribution in [0.2, 0.25) is 0 Å². The number of hydrogen-bond donors (Lipinski definition) is 4. The molecule has 216 valence electrons. The van der Waals surface area contributed by atoms with E-state index >= 15 is 0 Å². The topological polar surface area (TPSA) is 92.5 Å². The molecule has 6 aromatic rings. The Kier molecular flexibility index (Phi) is 11.3. The van der Waals surface area contributed by atoms with Gasteiger partial charge in [0.05, 0.1) is 0 Å². The van der Waals surface area contributed by atoms with Crippen molar-refractivity contribution < 1.29 is 9.59 Å². The summed E-state index contributed by atoms with van der Waals surface area (Å²) in [6.07, 6.45) is 1.03. The fourth-order valence-corrected chi connectivity index (χ4v) is 6.18. The molecule has 0 amide bonds. The van der Waals surface area contributed by atoms with Crippen molar-refractivity contribution in [2.75, 3.05) is 0 Å². The van der Waals surface area contributed by atoms with Gasteiger partial charge >= 0.3 is 8.56 Å². The Balaban J connectivity index is 0.000000148. The zero-order chi connectivity index (χ0) is 30.4. The molecule has 6 aromatic carbocycles. The van der Waals surface area contributed by atoms with E-state index in [1.165, 1.54) is 11.1 Å². The molecule has 43 heavy (non-hydrogen) atoms. The lowest BCUT2D eigenvalue weighted by atomic mass is 9.93. The maximum atomic E-state index is 10.2. The minimum absolute atomic E-state index is 0.608. The maximum Gasteiger partial charge on any atom is 0.401 e. The average molecular weight is 583 g/mol. The van der Waals surface area contributed by atoms with Gasteiger partial charge in [0, 0.05) is 0 Å². The minimum atomic E-state index is -3.46. The Morgan fingerprint density at radius 2 is 0.651 bits per heavy atom. The van der Waals surface area contributed by atoms with Gasteiger partial charge in [0.1, 0.15) is 5.66 Å². The van der Waals surface area contributed by atoms with Gasteiger partial charge in [-0.25, -0.2) is 0 Å². The third-order valence-corrected chi connectivity index (χ3v) is 9.23. The first kappa shape index (κ1) is 31.3. The quantitative estimate of drug-likeness (QED) is 0.158. The molecule has 0 unspecified atom stereocenters. The molecule has 0 fully saturated rings. The molecule has 0 radical (unpaired) electrons. The summed E-state index contributed by atoms with van der Waals surface area (Å²) in [6, 6.07) is 58.4. The van der Waals surface area contributed by atoms with Crippen LogP contribution in [-0.4, -0.2) is 18.2 Å². The smallest absolute Gasteiger partial charge is 0.401 e. The van der Waals surface area contributed by atoms with E-state index in [4.69, 9.17) is 11.5 Å². The minimum Gasteiger partial charge on any atom is -0.404 e. The largest absolute Gasteiger partial charge is 0.404 e. The molecule has 0 aliphatic heterocycles.